The third-order valence-corrected chi connectivity index (χ3v) is 4.92. The smallest absolute Gasteiger partial charge is 0.0801 e. The van der Waals surface area contributed by atoms with E-state index in [-0.39, 0.29) is 0 Å². The van der Waals surface area contributed by atoms with Crippen molar-refractivity contribution >= 4 is 11.5 Å². The van der Waals surface area contributed by atoms with E-state index in [1.807, 2.05) is 0 Å². The van der Waals surface area contributed by atoms with Crippen LogP contribution in [0.1, 0.15) is 63.1 Å². The number of hydrogen-bond donors (Lipinski definition) is 1. The number of nitrogens with one attached hydrogen (secondary N) is 1. The maximum atomic E-state index is 4.28. The van der Waals surface area contributed by atoms with Gasteiger partial charge in [-0.1, -0.05) is 38.1 Å². The van der Waals surface area contributed by atoms with Crippen LogP contribution in [0.5, 0.6) is 0 Å². The summed E-state index contributed by atoms with van der Waals surface area (Å²) < 4.78 is 4.16. The van der Waals surface area contributed by atoms with Crippen LogP contribution in [-0.2, 0) is 6.42 Å². The average Bonchev–Trinajstić information content (AvgIpc) is 2.84. The molecule has 3 atom stereocenters. The minimum absolute atomic E-state index is 0.479. The first-order valence-electron chi connectivity index (χ1n) is 7.30. The number of rotatable bonds is 5. The van der Waals surface area contributed by atoms with Crippen molar-refractivity contribution in [3.63, 3.8) is 0 Å². The van der Waals surface area contributed by atoms with E-state index < -0.39 is 0 Å². The van der Waals surface area contributed by atoms with Gasteiger partial charge in [0.2, 0.25) is 0 Å². The van der Waals surface area contributed by atoms with Crippen molar-refractivity contribution < 1.29 is 0 Å². The third-order valence-electron chi connectivity index (χ3n) is 4.07. The second-order valence-electron chi connectivity index (χ2n) is 5.50. The summed E-state index contributed by atoms with van der Waals surface area (Å²) in [6, 6.07) is 0.479. The van der Waals surface area contributed by atoms with Gasteiger partial charge < -0.3 is 5.32 Å². The molecular weight excluding hydrogens is 242 g/mol. The predicted octanol–water partition coefficient (Wildman–Crippen LogP) is 3.58. The van der Waals surface area contributed by atoms with Crippen LogP contribution in [0, 0.1) is 11.8 Å². The van der Waals surface area contributed by atoms with Crippen molar-refractivity contribution in [2.75, 3.05) is 6.54 Å². The Morgan fingerprint density at radius 2 is 2.22 bits per heavy atom. The topological polar surface area (TPSA) is 37.8 Å². The fraction of sp³-hybridized carbons (Fsp3) is 0.857. The van der Waals surface area contributed by atoms with Crippen molar-refractivity contribution in [3.8, 4) is 0 Å². The molecule has 1 N–H and O–H groups in total. The summed E-state index contributed by atoms with van der Waals surface area (Å²) in [5.41, 5.74) is 1.20. The molecule has 4 heteroatoms. The van der Waals surface area contributed by atoms with Crippen molar-refractivity contribution in [3.05, 3.63) is 10.6 Å². The van der Waals surface area contributed by atoms with Crippen molar-refractivity contribution in [2.24, 2.45) is 11.8 Å². The molecular formula is C14H25N3S. The molecule has 0 aliphatic heterocycles. The Bertz CT molecular complexity index is 364. The highest BCUT2D eigenvalue weighted by molar-refractivity contribution is 7.05. The SMILES string of the molecule is CCNC(c1snnc1CC)C1CCCC(C)C1. The molecule has 2 rings (SSSR count). The predicted molar refractivity (Wildman–Crippen MR) is 76.8 cm³/mol. The number of hydrogen-bond acceptors (Lipinski definition) is 4. The minimum atomic E-state index is 0.479. The molecule has 102 valence electrons. The molecule has 0 radical (unpaired) electrons. The molecule has 1 saturated carbocycles. The zero-order valence-electron chi connectivity index (χ0n) is 11.8. The molecule has 0 bridgehead atoms. The Labute approximate surface area is 115 Å². The molecule has 1 aliphatic carbocycles. The Morgan fingerprint density at radius 3 is 2.89 bits per heavy atom. The maximum absolute atomic E-state index is 4.28. The van der Waals surface area contributed by atoms with Gasteiger partial charge in [-0.2, -0.15) is 0 Å². The van der Waals surface area contributed by atoms with Crippen molar-refractivity contribution in [1.82, 2.24) is 14.9 Å². The molecule has 3 unspecified atom stereocenters. The summed E-state index contributed by atoms with van der Waals surface area (Å²) in [6.45, 7) is 7.78. The van der Waals surface area contributed by atoms with E-state index in [1.165, 1.54) is 36.3 Å². The van der Waals surface area contributed by atoms with E-state index in [2.05, 4.69) is 35.7 Å². The van der Waals surface area contributed by atoms with Crippen LogP contribution >= 0.6 is 11.5 Å². The fourth-order valence-electron chi connectivity index (χ4n) is 3.17. The highest BCUT2D eigenvalue weighted by atomic mass is 32.1. The molecule has 0 spiro atoms. The van der Waals surface area contributed by atoms with Crippen LogP contribution in [0.25, 0.3) is 0 Å². The van der Waals surface area contributed by atoms with Crippen LogP contribution in [0.3, 0.4) is 0 Å². The Kier molecular flexibility index (Phi) is 5.13. The van der Waals surface area contributed by atoms with Gasteiger partial charge >= 0.3 is 0 Å². The molecule has 1 aromatic heterocycles. The first-order chi connectivity index (χ1) is 8.76. The molecule has 3 nitrogen and oxygen atoms in total. The van der Waals surface area contributed by atoms with E-state index in [4.69, 9.17) is 0 Å². The van der Waals surface area contributed by atoms with E-state index >= 15 is 0 Å². The normalized spacial score (nSPS) is 26.2. The Morgan fingerprint density at radius 1 is 1.39 bits per heavy atom. The van der Waals surface area contributed by atoms with Crippen LogP contribution in [-0.4, -0.2) is 16.1 Å². The lowest BCUT2D eigenvalue weighted by molar-refractivity contribution is 0.226. The van der Waals surface area contributed by atoms with Crippen LogP contribution in [0.2, 0.25) is 0 Å². The first-order valence-corrected chi connectivity index (χ1v) is 8.08. The summed E-state index contributed by atoms with van der Waals surface area (Å²) in [6.07, 6.45) is 6.47. The monoisotopic (exact) mass is 267 g/mol. The molecule has 18 heavy (non-hydrogen) atoms. The van der Waals surface area contributed by atoms with Crippen molar-refractivity contribution in [1.29, 1.82) is 0 Å². The lowest BCUT2D eigenvalue weighted by atomic mass is 9.78. The summed E-state index contributed by atoms with van der Waals surface area (Å²) in [7, 11) is 0. The van der Waals surface area contributed by atoms with Crippen molar-refractivity contribution in [2.45, 2.75) is 58.9 Å². The first kappa shape index (κ1) is 13.9. The Hall–Kier alpha value is -0.480. The summed E-state index contributed by atoms with van der Waals surface area (Å²) >= 11 is 1.59. The molecule has 1 aromatic rings. The number of aryl methyl sites for hydroxylation is 1. The van der Waals surface area contributed by atoms with Gasteiger partial charge in [0.1, 0.15) is 0 Å². The summed E-state index contributed by atoms with van der Waals surface area (Å²) in [5, 5.41) is 7.96. The van der Waals surface area contributed by atoms with Gasteiger partial charge in [0.25, 0.3) is 0 Å². The largest absolute Gasteiger partial charge is 0.309 e. The second kappa shape index (κ2) is 6.62. The maximum Gasteiger partial charge on any atom is 0.0801 e. The highest BCUT2D eigenvalue weighted by Crippen LogP contribution is 2.38. The minimum Gasteiger partial charge on any atom is -0.309 e. The van der Waals surface area contributed by atoms with Gasteiger partial charge in [0.15, 0.2) is 0 Å². The molecule has 1 aliphatic rings. The third kappa shape index (κ3) is 3.09. The zero-order chi connectivity index (χ0) is 13.0. The quantitative estimate of drug-likeness (QED) is 0.886. The molecule has 0 saturated heterocycles. The van der Waals surface area contributed by atoms with Crippen LogP contribution in [0.4, 0.5) is 0 Å². The van der Waals surface area contributed by atoms with E-state index in [0.29, 0.717) is 6.04 Å². The van der Waals surface area contributed by atoms with E-state index in [0.717, 1.165) is 24.8 Å². The number of aromatic nitrogens is 2. The highest BCUT2D eigenvalue weighted by Gasteiger charge is 2.30. The van der Waals surface area contributed by atoms with Gasteiger partial charge in [0, 0.05) is 6.04 Å². The van der Waals surface area contributed by atoms with Gasteiger partial charge in [-0.05, 0) is 49.2 Å². The van der Waals surface area contributed by atoms with Crippen LogP contribution < -0.4 is 5.32 Å². The molecule has 1 fully saturated rings. The zero-order valence-corrected chi connectivity index (χ0v) is 12.6. The van der Waals surface area contributed by atoms with Crippen LogP contribution in [0.15, 0.2) is 0 Å². The molecule has 1 heterocycles. The Balaban J connectivity index is 2.16. The summed E-state index contributed by atoms with van der Waals surface area (Å²) in [5.74, 6) is 1.64. The second-order valence-corrected chi connectivity index (χ2v) is 6.29. The summed E-state index contributed by atoms with van der Waals surface area (Å²) in [4.78, 5) is 1.39. The standard InChI is InChI=1S/C14H25N3S/c1-4-12-14(18-17-16-12)13(15-5-2)11-8-6-7-10(3)9-11/h10-11,13,15H,4-9H2,1-3H3. The average molecular weight is 267 g/mol. The number of nitrogens with zero attached hydrogens (tertiary/aromatic N) is 2. The lowest BCUT2D eigenvalue weighted by Crippen LogP contribution is -2.31. The van der Waals surface area contributed by atoms with Gasteiger partial charge in [0.05, 0.1) is 10.6 Å². The van der Waals surface area contributed by atoms with E-state index in [1.54, 1.807) is 11.5 Å². The van der Waals surface area contributed by atoms with Gasteiger partial charge in [-0.25, -0.2) is 0 Å². The van der Waals surface area contributed by atoms with Gasteiger partial charge in [-0.3, -0.25) is 0 Å². The molecule has 0 amide bonds. The fourth-order valence-corrected chi connectivity index (χ4v) is 4.08. The lowest BCUT2D eigenvalue weighted by Gasteiger charge is -2.33. The van der Waals surface area contributed by atoms with Gasteiger partial charge in [-0.15, -0.1) is 5.10 Å². The van der Waals surface area contributed by atoms with E-state index in [9.17, 15) is 0 Å². The molecule has 0 aromatic carbocycles.